The van der Waals surface area contributed by atoms with E-state index in [0.29, 0.717) is 5.69 Å². The van der Waals surface area contributed by atoms with E-state index in [0.717, 1.165) is 24.0 Å². The fourth-order valence-corrected chi connectivity index (χ4v) is 3.09. The molecule has 2 aromatic carbocycles. The van der Waals surface area contributed by atoms with E-state index in [4.69, 9.17) is 4.74 Å². The van der Waals surface area contributed by atoms with Crippen LogP contribution in [0.1, 0.15) is 35.1 Å². The second kappa shape index (κ2) is 7.97. The minimum atomic E-state index is -0.380. The minimum absolute atomic E-state index is 0.199. The van der Waals surface area contributed by atoms with Crippen LogP contribution in [0.2, 0.25) is 0 Å². The quantitative estimate of drug-likeness (QED) is 0.848. The van der Waals surface area contributed by atoms with Crippen LogP contribution in [-0.2, 0) is 33.6 Å². The smallest absolute Gasteiger partial charge is 0.310 e. The summed E-state index contributed by atoms with van der Waals surface area (Å²) in [6.07, 6.45) is 4.85. The van der Waals surface area contributed by atoms with Gasteiger partial charge < -0.3 is 10.1 Å². The highest BCUT2D eigenvalue weighted by Gasteiger charge is 2.13. The van der Waals surface area contributed by atoms with Gasteiger partial charge in [-0.15, -0.1) is 0 Å². The number of hydrogen-bond acceptors (Lipinski definition) is 3. The number of fused-ring (bicyclic) bond motifs is 1. The van der Waals surface area contributed by atoms with Gasteiger partial charge in [-0.2, -0.15) is 0 Å². The van der Waals surface area contributed by atoms with Crippen molar-refractivity contribution in [3.8, 4) is 0 Å². The Balaban J connectivity index is 1.47. The van der Waals surface area contributed by atoms with Crippen LogP contribution in [0.25, 0.3) is 0 Å². The third kappa shape index (κ3) is 4.92. The van der Waals surface area contributed by atoms with Gasteiger partial charge in [0.05, 0.1) is 6.42 Å². The molecule has 0 heterocycles. The molecule has 3 rings (SSSR count). The second-order valence-electron chi connectivity index (χ2n) is 6.56. The number of hydrogen-bond donors (Lipinski definition) is 1. The van der Waals surface area contributed by atoms with Crippen molar-refractivity contribution in [2.75, 3.05) is 11.9 Å². The molecular formula is C21H23NO3. The number of amides is 1. The normalized spacial score (nSPS) is 13.0. The average molecular weight is 337 g/mol. The minimum Gasteiger partial charge on any atom is -0.455 e. The van der Waals surface area contributed by atoms with Crippen molar-refractivity contribution >= 4 is 17.6 Å². The molecule has 0 aromatic heterocycles. The number of anilines is 1. The van der Waals surface area contributed by atoms with E-state index in [1.807, 2.05) is 37.3 Å². The lowest BCUT2D eigenvalue weighted by Gasteiger charge is -2.16. The van der Waals surface area contributed by atoms with Crippen LogP contribution in [0.4, 0.5) is 5.69 Å². The summed E-state index contributed by atoms with van der Waals surface area (Å²) in [5, 5.41) is 2.71. The number of carbonyl (C=O) groups excluding carboxylic acids is 2. The largest absolute Gasteiger partial charge is 0.455 e. The molecule has 1 N–H and O–H groups in total. The molecule has 130 valence electrons. The molecule has 0 aliphatic heterocycles. The summed E-state index contributed by atoms with van der Waals surface area (Å²) in [6.45, 7) is 1.71. The van der Waals surface area contributed by atoms with Gasteiger partial charge in [-0.3, -0.25) is 9.59 Å². The van der Waals surface area contributed by atoms with Gasteiger partial charge in [-0.05, 0) is 61.4 Å². The van der Waals surface area contributed by atoms with Gasteiger partial charge in [0.25, 0.3) is 5.91 Å². The lowest BCUT2D eigenvalue weighted by molar-refractivity contribution is -0.146. The van der Waals surface area contributed by atoms with Crippen LogP contribution in [0, 0.1) is 6.92 Å². The first-order valence-electron chi connectivity index (χ1n) is 8.73. The lowest BCUT2D eigenvalue weighted by atomic mass is 9.90. The first kappa shape index (κ1) is 17.2. The molecule has 0 saturated carbocycles. The van der Waals surface area contributed by atoms with Gasteiger partial charge in [0, 0.05) is 5.69 Å². The van der Waals surface area contributed by atoms with Crippen molar-refractivity contribution in [2.24, 2.45) is 0 Å². The number of benzene rings is 2. The molecule has 25 heavy (non-hydrogen) atoms. The molecule has 0 spiro atoms. The Hall–Kier alpha value is -2.62. The number of nitrogens with one attached hydrogen (secondary N) is 1. The summed E-state index contributed by atoms with van der Waals surface area (Å²) >= 11 is 0. The molecule has 1 aliphatic carbocycles. The van der Waals surface area contributed by atoms with Crippen molar-refractivity contribution in [2.45, 2.75) is 39.0 Å². The summed E-state index contributed by atoms with van der Waals surface area (Å²) in [7, 11) is 0. The Morgan fingerprint density at radius 2 is 1.72 bits per heavy atom. The molecule has 0 radical (unpaired) electrons. The molecule has 0 unspecified atom stereocenters. The highest BCUT2D eigenvalue weighted by atomic mass is 16.5. The fourth-order valence-electron chi connectivity index (χ4n) is 3.09. The van der Waals surface area contributed by atoms with Crippen molar-refractivity contribution in [3.63, 3.8) is 0 Å². The van der Waals surface area contributed by atoms with E-state index in [1.54, 1.807) is 0 Å². The lowest BCUT2D eigenvalue weighted by Crippen LogP contribution is -2.21. The van der Waals surface area contributed by atoms with Crippen LogP contribution >= 0.6 is 0 Å². The summed E-state index contributed by atoms with van der Waals surface area (Å²) in [4.78, 5) is 23.8. The van der Waals surface area contributed by atoms with E-state index < -0.39 is 0 Å². The molecule has 4 heteroatoms. The topological polar surface area (TPSA) is 55.4 Å². The monoisotopic (exact) mass is 337 g/mol. The zero-order chi connectivity index (χ0) is 17.6. The Morgan fingerprint density at radius 3 is 2.48 bits per heavy atom. The summed E-state index contributed by atoms with van der Waals surface area (Å²) in [5.74, 6) is -0.711. The standard InChI is InChI=1S/C21H23NO3/c1-15-6-10-19(11-7-15)22-20(23)14-25-21(24)13-16-8-9-17-4-2-3-5-18(17)12-16/h6-12H,2-5,13-14H2,1H3,(H,22,23). The van der Waals surface area contributed by atoms with Crippen LogP contribution in [0.15, 0.2) is 42.5 Å². The van der Waals surface area contributed by atoms with Gasteiger partial charge in [0.15, 0.2) is 6.61 Å². The maximum Gasteiger partial charge on any atom is 0.310 e. The average Bonchev–Trinajstić information content (AvgIpc) is 2.62. The van der Waals surface area contributed by atoms with Gasteiger partial charge in [0.1, 0.15) is 0 Å². The van der Waals surface area contributed by atoms with Gasteiger partial charge in [-0.25, -0.2) is 0 Å². The Labute approximate surface area is 148 Å². The zero-order valence-electron chi connectivity index (χ0n) is 14.5. The van der Waals surface area contributed by atoms with Gasteiger partial charge >= 0.3 is 5.97 Å². The van der Waals surface area contributed by atoms with Crippen LogP contribution in [0.3, 0.4) is 0 Å². The predicted octanol–water partition coefficient (Wildman–Crippen LogP) is 3.60. The van der Waals surface area contributed by atoms with E-state index in [1.165, 1.54) is 24.0 Å². The predicted molar refractivity (Wildman–Crippen MR) is 97.6 cm³/mol. The number of carbonyl (C=O) groups is 2. The van der Waals surface area contributed by atoms with Crippen LogP contribution in [0.5, 0.6) is 0 Å². The number of rotatable bonds is 5. The fraction of sp³-hybridized carbons (Fsp3) is 0.333. The molecular weight excluding hydrogens is 314 g/mol. The van der Waals surface area contributed by atoms with Crippen molar-refractivity contribution in [3.05, 3.63) is 64.7 Å². The van der Waals surface area contributed by atoms with Crippen molar-refractivity contribution in [1.29, 1.82) is 0 Å². The molecule has 4 nitrogen and oxygen atoms in total. The zero-order valence-corrected chi connectivity index (χ0v) is 14.5. The third-order valence-electron chi connectivity index (χ3n) is 4.46. The molecule has 0 saturated heterocycles. The molecule has 0 fully saturated rings. The maximum atomic E-state index is 12.0. The maximum absolute atomic E-state index is 12.0. The molecule has 1 aliphatic rings. The van der Waals surface area contributed by atoms with E-state index >= 15 is 0 Å². The number of ether oxygens (including phenoxy) is 1. The second-order valence-corrected chi connectivity index (χ2v) is 6.56. The first-order valence-corrected chi connectivity index (χ1v) is 8.73. The van der Waals surface area contributed by atoms with Crippen molar-refractivity contribution < 1.29 is 14.3 Å². The van der Waals surface area contributed by atoms with Gasteiger partial charge in [-0.1, -0.05) is 35.9 Å². The molecule has 1 amide bonds. The SMILES string of the molecule is Cc1ccc(NC(=O)COC(=O)Cc2ccc3c(c2)CCCC3)cc1. The van der Waals surface area contributed by atoms with Gasteiger partial charge in [0.2, 0.25) is 0 Å². The van der Waals surface area contributed by atoms with E-state index in [2.05, 4.69) is 17.4 Å². The highest BCUT2D eigenvalue weighted by molar-refractivity contribution is 5.92. The Morgan fingerprint density at radius 1 is 1.00 bits per heavy atom. The molecule has 0 atom stereocenters. The highest BCUT2D eigenvalue weighted by Crippen LogP contribution is 2.22. The summed E-state index contributed by atoms with van der Waals surface area (Å²) < 4.78 is 5.10. The Kier molecular flexibility index (Phi) is 5.49. The molecule has 0 bridgehead atoms. The number of esters is 1. The van der Waals surface area contributed by atoms with E-state index in [-0.39, 0.29) is 24.9 Å². The van der Waals surface area contributed by atoms with Crippen LogP contribution in [-0.4, -0.2) is 18.5 Å². The van der Waals surface area contributed by atoms with Crippen molar-refractivity contribution in [1.82, 2.24) is 0 Å². The molecule has 2 aromatic rings. The number of aryl methyl sites for hydroxylation is 3. The van der Waals surface area contributed by atoms with Crippen LogP contribution < -0.4 is 5.32 Å². The summed E-state index contributed by atoms with van der Waals surface area (Å²) in [6, 6.07) is 13.7. The summed E-state index contributed by atoms with van der Waals surface area (Å²) in [5.41, 5.74) is 5.50. The van der Waals surface area contributed by atoms with E-state index in [9.17, 15) is 9.59 Å². The first-order chi connectivity index (χ1) is 12.1. The third-order valence-corrected chi connectivity index (χ3v) is 4.46. The Bertz CT molecular complexity index is 765.